The van der Waals surface area contributed by atoms with Crippen molar-refractivity contribution in [2.45, 2.75) is 6.92 Å². The van der Waals surface area contributed by atoms with Gasteiger partial charge >= 0.3 is 0 Å². The highest BCUT2D eigenvalue weighted by molar-refractivity contribution is 5.56. The molecule has 5 heteroatoms. The molecule has 0 aliphatic rings. The van der Waals surface area contributed by atoms with E-state index in [4.69, 9.17) is 4.74 Å². The smallest absolute Gasteiger partial charge is 0.227 e. The lowest BCUT2D eigenvalue weighted by Gasteiger charge is -2.07. The Bertz CT molecular complexity index is 531. The zero-order valence-electron chi connectivity index (χ0n) is 9.57. The summed E-state index contributed by atoms with van der Waals surface area (Å²) < 4.78 is 18.2. The van der Waals surface area contributed by atoms with Crippen LogP contribution >= 0.6 is 0 Å². The van der Waals surface area contributed by atoms with E-state index in [1.807, 2.05) is 6.92 Å². The van der Waals surface area contributed by atoms with Crippen molar-refractivity contribution in [2.75, 3.05) is 12.4 Å². The average molecular weight is 233 g/mol. The number of nitrogens with zero attached hydrogens (tertiary/aromatic N) is 2. The number of ether oxygens (including phenoxy) is 1. The lowest BCUT2D eigenvalue weighted by Crippen LogP contribution is -1.98. The summed E-state index contributed by atoms with van der Waals surface area (Å²) in [6.45, 7) is 1.86. The molecule has 0 bridgehead atoms. The van der Waals surface area contributed by atoms with Crippen LogP contribution in [0.2, 0.25) is 0 Å². The van der Waals surface area contributed by atoms with Crippen LogP contribution in [0.25, 0.3) is 0 Å². The van der Waals surface area contributed by atoms with Gasteiger partial charge in [0.25, 0.3) is 0 Å². The molecule has 0 saturated heterocycles. The summed E-state index contributed by atoms with van der Waals surface area (Å²) in [4.78, 5) is 8.20. The summed E-state index contributed by atoms with van der Waals surface area (Å²) >= 11 is 0. The molecule has 0 spiro atoms. The SMILES string of the molecule is COc1cc(F)cc(Nc2nccc(C)n2)c1. The molecule has 0 fully saturated rings. The number of nitrogens with one attached hydrogen (secondary N) is 1. The van der Waals surface area contributed by atoms with Gasteiger partial charge in [-0.2, -0.15) is 0 Å². The Hall–Kier alpha value is -2.17. The van der Waals surface area contributed by atoms with Gasteiger partial charge in [0, 0.05) is 29.7 Å². The lowest BCUT2D eigenvalue weighted by molar-refractivity contribution is 0.411. The number of benzene rings is 1. The molecule has 2 rings (SSSR count). The minimum Gasteiger partial charge on any atom is -0.497 e. The van der Waals surface area contributed by atoms with E-state index in [9.17, 15) is 4.39 Å². The average Bonchev–Trinajstić information content (AvgIpc) is 2.28. The third-order valence-corrected chi connectivity index (χ3v) is 2.16. The Morgan fingerprint density at radius 1 is 1.29 bits per heavy atom. The predicted octanol–water partition coefficient (Wildman–Crippen LogP) is 2.68. The van der Waals surface area contributed by atoms with Crippen molar-refractivity contribution in [3.63, 3.8) is 0 Å². The first-order chi connectivity index (χ1) is 8.17. The summed E-state index contributed by atoms with van der Waals surface area (Å²) in [6, 6.07) is 6.13. The van der Waals surface area contributed by atoms with Gasteiger partial charge in [0.2, 0.25) is 5.95 Å². The van der Waals surface area contributed by atoms with E-state index in [1.54, 1.807) is 18.3 Å². The fourth-order valence-corrected chi connectivity index (χ4v) is 1.39. The predicted molar refractivity (Wildman–Crippen MR) is 63.0 cm³/mol. The van der Waals surface area contributed by atoms with Crippen LogP contribution in [0, 0.1) is 12.7 Å². The van der Waals surface area contributed by atoms with Crippen LogP contribution in [0.15, 0.2) is 30.5 Å². The van der Waals surface area contributed by atoms with Gasteiger partial charge in [-0.1, -0.05) is 0 Å². The van der Waals surface area contributed by atoms with E-state index in [0.29, 0.717) is 17.4 Å². The minimum absolute atomic E-state index is 0.375. The van der Waals surface area contributed by atoms with Gasteiger partial charge in [0.15, 0.2) is 0 Å². The number of rotatable bonds is 3. The number of aryl methyl sites for hydroxylation is 1. The maximum Gasteiger partial charge on any atom is 0.227 e. The molecule has 17 heavy (non-hydrogen) atoms. The summed E-state index contributed by atoms with van der Waals surface area (Å²) in [6.07, 6.45) is 1.64. The minimum atomic E-state index is -0.375. The molecule has 88 valence electrons. The molecule has 0 aliphatic heterocycles. The maximum atomic E-state index is 13.2. The zero-order chi connectivity index (χ0) is 12.3. The van der Waals surface area contributed by atoms with Gasteiger partial charge in [0.05, 0.1) is 7.11 Å². The lowest BCUT2D eigenvalue weighted by atomic mass is 10.3. The van der Waals surface area contributed by atoms with Gasteiger partial charge in [0.1, 0.15) is 11.6 Å². The molecule has 0 atom stereocenters. The first kappa shape index (κ1) is 11.3. The molecule has 1 N–H and O–H groups in total. The Labute approximate surface area is 98.5 Å². The zero-order valence-corrected chi connectivity index (χ0v) is 9.57. The largest absolute Gasteiger partial charge is 0.497 e. The monoisotopic (exact) mass is 233 g/mol. The Balaban J connectivity index is 2.26. The molecular formula is C12H12FN3O. The number of methoxy groups -OCH3 is 1. The second-order valence-electron chi connectivity index (χ2n) is 3.53. The van der Waals surface area contributed by atoms with Crippen LogP contribution in [0.5, 0.6) is 5.75 Å². The van der Waals surface area contributed by atoms with E-state index in [0.717, 1.165) is 5.69 Å². The fraction of sp³-hybridized carbons (Fsp3) is 0.167. The van der Waals surface area contributed by atoms with Crippen molar-refractivity contribution in [1.82, 2.24) is 9.97 Å². The molecule has 0 unspecified atom stereocenters. The molecule has 0 amide bonds. The van der Waals surface area contributed by atoms with Gasteiger partial charge in [-0.05, 0) is 19.1 Å². The number of aromatic nitrogens is 2. The van der Waals surface area contributed by atoms with E-state index in [-0.39, 0.29) is 5.82 Å². The Kier molecular flexibility index (Phi) is 3.18. The summed E-state index contributed by atoms with van der Waals surface area (Å²) in [5.74, 6) is 0.498. The molecule has 1 aromatic carbocycles. The van der Waals surface area contributed by atoms with Crippen molar-refractivity contribution >= 4 is 11.6 Å². The topological polar surface area (TPSA) is 47.0 Å². The van der Waals surface area contributed by atoms with Crippen LogP contribution in [-0.2, 0) is 0 Å². The van der Waals surface area contributed by atoms with Crippen molar-refractivity contribution in [2.24, 2.45) is 0 Å². The number of hydrogen-bond donors (Lipinski definition) is 1. The summed E-state index contributed by atoms with van der Waals surface area (Å²) in [5.41, 5.74) is 1.39. The number of halogens is 1. The van der Waals surface area contributed by atoms with Crippen LogP contribution in [0.3, 0.4) is 0 Å². The Morgan fingerprint density at radius 2 is 2.12 bits per heavy atom. The highest BCUT2D eigenvalue weighted by Crippen LogP contribution is 2.21. The summed E-state index contributed by atoms with van der Waals surface area (Å²) in [5, 5.41) is 2.92. The molecule has 1 aromatic heterocycles. The van der Waals surface area contributed by atoms with Gasteiger partial charge in [-0.25, -0.2) is 14.4 Å². The van der Waals surface area contributed by atoms with E-state index < -0.39 is 0 Å². The first-order valence-electron chi connectivity index (χ1n) is 5.08. The van der Waals surface area contributed by atoms with Crippen molar-refractivity contribution < 1.29 is 9.13 Å². The van der Waals surface area contributed by atoms with E-state index >= 15 is 0 Å². The second kappa shape index (κ2) is 4.78. The molecule has 0 saturated carbocycles. The van der Waals surface area contributed by atoms with Crippen LogP contribution < -0.4 is 10.1 Å². The van der Waals surface area contributed by atoms with E-state index in [1.165, 1.54) is 19.2 Å². The van der Waals surface area contributed by atoms with Gasteiger partial charge in [-0.3, -0.25) is 0 Å². The maximum absolute atomic E-state index is 13.2. The molecule has 0 aliphatic carbocycles. The van der Waals surface area contributed by atoms with Crippen LogP contribution in [0.4, 0.5) is 16.0 Å². The molecule has 0 radical (unpaired) electrons. The molecule has 4 nitrogen and oxygen atoms in total. The molecule has 2 aromatic rings. The van der Waals surface area contributed by atoms with Gasteiger partial charge in [-0.15, -0.1) is 0 Å². The quantitative estimate of drug-likeness (QED) is 0.885. The summed E-state index contributed by atoms with van der Waals surface area (Å²) in [7, 11) is 1.49. The molecular weight excluding hydrogens is 221 g/mol. The standard InChI is InChI=1S/C12H12FN3O/c1-8-3-4-14-12(15-8)16-10-5-9(13)6-11(7-10)17-2/h3-7H,1-2H3,(H,14,15,16). The third kappa shape index (κ3) is 2.90. The fourth-order valence-electron chi connectivity index (χ4n) is 1.39. The highest BCUT2D eigenvalue weighted by Gasteiger charge is 2.03. The third-order valence-electron chi connectivity index (χ3n) is 2.16. The van der Waals surface area contributed by atoms with Crippen molar-refractivity contribution in [3.05, 3.63) is 42.0 Å². The Morgan fingerprint density at radius 3 is 2.82 bits per heavy atom. The number of anilines is 2. The van der Waals surface area contributed by atoms with E-state index in [2.05, 4.69) is 15.3 Å². The number of hydrogen-bond acceptors (Lipinski definition) is 4. The van der Waals surface area contributed by atoms with Crippen molar-refractivity contribution in [1.29, 1.82) is 0 Å². The molecule has 1 heterocycles. The van der Waals surface area contributed by atoms with Crippen LogP contribution in [-0.4, -0.2) is 17.1 Å². The van der Waals surface area contributed by atoms with Gasteiger partial charge < -0.3 is 10.1 Å². The second-order valence-corrected chi connectivity index (χ2v) is 3.53. The van der Waals surface area contributed by atoms with Crippen molar-refractivity contribution in [3.8, 4) is 5.75 Å². The van der Waals surface area contributed by atoms with Crippen LogP contribution in [0.1, 0.15) is 5.69 Å². The highest BCUT2D eigenvalue weighted by atomic mass is 19.1. The first-order valence-corrected chi connectivity index (χ1v) is 5.08. The normalized spacial score (nSPS) is 10.1.